The number of hydrogen-bond donors (Lipinski definition) is 2. The van der Waals surface area contributed by atoms with E-state index in [9.17, 15) is 4.79 Å². The van der Waals surface area contributed by atoms with Crippen LogP contribution in [0.1, 0.15) is 26.7 Å². The van der Waals surface area contributed by atoms with Crippen molar-refractivity contribution in [2.24, 2.45) is 5.92 Å². The normalized spacial score (nSPS) is 31.4. The van der Waals surface area contributed by atoms with Crippen LogP contribution in [0.3, 0.4) is 0 Å². The third kappa shape index (κ3) is 3.76. The molecule has 0 aromatic rings. The van der Waals surface area contributed by atoms with Crippen LogP contribution < -0.4 is 10.6 Å². The Morgan fingerprint density at radius 1 is 1.31 bits per heavy atom. The number of carbonyl (C=O) groups excluding carboxylic acids is 1. The van der Waals surface area contributed by atoms with Crippen molar-refractivity contribution in [3.63, 3.8) is 0 Å². The summed E-state index contributed by atoms with van der Waals surface area (Å²) in [5.41, 5.74) is 0. The molecule has 0 bridgehead atoms. The van der Waals surface area contributed by atoms with Gasteiger partial charge in [-0.15, -0.1) is 0 Å². The van der Waals surface area contributed by atoms with Gasteiger partial charge in [0.25, 0.3) is 0 Å². The summed E-state index contributed by atoms with van der Waals surface area (Å²) in [5, 5.41) is 6.49. The average molecular weight is 225 g/mol. The van der Waals surface area contributed by atoms with Crippen molar-refractivity contribution >= 4 is 5.91 Å². The van der Waals surface area contributed by atoms with Gasteiger partial charge in [0.05, 0.1) is 6.54 Å². The van der Waals surface area contributed by atoms with Crippen molar-refractivity contribution < 1.29 is 4.79 Å². The summed E-state index contributed by atoms with van der Waals surface area (Å²) in [7, 11) is 0. The van der Waals surface area contributed by atoms with E-state index < -0.39 is 0 Å². The number of nitrogens with zero attached hydrogens (tertiary/aromatic N) is 1. The molecule has 92 valence electrons. The second-order valence-electron chi connectivity index (χ2n) is 5.41. The van der Waals surface area contributed by atoms with Gasteiger partial charge >= 0.3 is 0 Å². The highest BCUT2D eigenvalue weighted by Gasteiger charge is 2.24. The lowest BCUT2D eigenvalue weighted by atomic mass is 10.1. The molecule has 0 aromatic carbocycles. The van der Waals surface area contributed by atoms with Gasteiger partial charge in [-0.1, -0.05) is 0 Å². The molecule has 2 atom stereocenters. The van der Waals surface area contributed by atoms with Crippen molar-refractivity contribution in [1.29, 1.82) is 0 Å². The van der Waals surface area contributed by atoms with Gasteiger partial charge in [-0.05, 0) is 32.6 Å². The highest BCUT2D eigenvalue weighted by molar-refractivity contribution is 5.78. The molecule has 1 amide bonds. The van der Waals surface area contributed by atoms with E-state index in [-0.39, 0.29) is 5.91 Å². The fraction of sp³-hybridized carbons (Fsp3) is 0.917. The van der Waals surface area contributed by atoms with Crippen LogP contribution in [0.5, 0.6) is 0 Å². The van der Waals surface area contributed by atoms with Crippen molar-refractivity contribution in [2.75, 3.05) is 26.2 Å². The van der Waals surface area contributed by atoms with E-state index in [4.69, 9.17) is 0 Å². The molecule has 0 aromatic heterocycles. The van der Waals surface area contributed by atoms with E-state index in [1.807, 2.05) is 0 Å². The highest BCUT2D eigenvalue weighted by Crippen LogP contribution is 2.27. The maximum absolute atomic E-state index is 11.7. The van der Waals surface area contributed by atoms with Gasteiger partial charge in [0.2, 0.25) is 5.91 Å². The first-order valence-corrected chi connectivity index (χ1v) is 6.38. The quantitative estimate of drug-likeness (QED) is 0.718. The Morgan fingerprint density at radius 3 is 2.50 bits per heavy atom. The van der Waals surface area contributed by atoms with E-state index in [0.717, 1.165) is 25.6 Å². The fourth-order valence-electron chi connectivity index (χ4n) is 2.41. The second-order valence-corrected chi connectivity index (χ2v) is 5.41. The molecule has 2 N–H and O–H groups in total. The summed E-state index contributed by atoms with van der Waals surface area (Å²) in [5.74, 6) is 0.956. The zero-order valence-corrected chi connectivity index (χ0v) is 10.3. The number of carbonyl (C=O) groups is 1. The molecule has 2 unspecified atom stereocenters. The Hall–Kier alpha value is -0.610. The molecule has 0 spiro atoms. The summed E-state index contributed by atoms with van der Waals surface area (Å²) < 4.78 is 0. The average Bonchev–Trinajstić information content (AvgIpc) is 2.96. The fourth-order valence-corrected chi connectivity index (χ4v) is 2.41. The van der Waals surface area contributed by atoms with Crippen LogP contribution in [0.25, 0.3) is 0 Å². The predicted molar refractivity (Wildman–Crippen MR) is 64.2 cm³/mol. The van der Waals surface area contributed by atoms with Gasteiger partial charge in [0, 0.05) is 31.7 Å². The third-order valence-electron chi connectivity index (χ3n) is 3.29. The Labute approximate surface area is 97.8 Å². The molecule has 1 heterocycles. The number of rotatable bonds is 4. The van der Waals surface area contributed by atoms with Crippen molar-refractivity contribution in [1.82, 2.24) is 15.5 Å². The summed E-state index contributed by atoms with van der Waals surface area (Å²) in [6.45, 7) is 7.73. The lowest BCUT2D eigenvalue weighted by molar-refractivity contribution is -0.122. The Kier molecular flexibility index (Phi) is 3.82. The smallest absolute Gasteiger partial charge is 0.234 e. The molecule has 0 radical (unpaired) electrons. The zero-order chi connectivity index (χ0) is 11.5. The van der Waals surface area contributed by atoms with E-state index in [2.05, 4.69) is 29.4 Å². The minimum absolute atomic E-state index is 0.188. The van der Waals surface area contributed by atoms with Crippen molar-refractivity contribution in [3.05, 3.63) is 0 Å². The van der Waals surface area contributed by atoms with Gasteiger partial charge < -0.3 is 10.6 Å². The van der Waals surface area contributed by atoms with Gasteiger partial charge in [-0.3, -0.25) is 9.69 Å². The maximum atomic E-state index is 11.7. The Morgan fingerprint density at radius 2 is 1.94 bits per heavy atom. The van der Waals surface area contributed by atoms with Crippen molar-refractivity contribution in [3.8, 4) is 0 Å². The summed E-state index contributed by atoms with van der Waals surface area (Å²) in [6.07, 6.45) is 2.59. The molecule has 16 heavy (non-hydrogen) atoms. The number of hydrogen-bond acceptors (Lipinski definition) is 3. The highest BCUT2D eigenvalue weighted by atomic mass is 16.2. The summed E-state index contributed by atoms with van der Waals surface area (Å²) in [4.78, 5) is 13.9. The van der Waals surface area contributed by atoms with E-state index in [0.29, 0.717) is 18.6 Å². The molecule has 4 nitrogen and oxygen atoms in total. The first-order valence-electron chi connectivity index (χ1n) is 6.38. The standard InChI is InChI=1S/C12H23N3O/c1-9-6-15(7-10(2)14-9)8-12(16)13-5-11-3-4-11/h9-11,14H,3-8H2,1-2H3,(H,13,16). The first-order chi connectivity index (χ1) is 7.63. The third-order valence-corrected chi connectivity index (χ3v) is 3.29. The van der Waals surface area contributed by atoms with E-state index >= 15 is 0 Å². The van der Waals surface area contributed by atoms with Crippen molar-refractivity contribution in [2.45, 2.75) is 38.8 Å². The molecule has 2 fully saturated rings. The molecule has 1 aliphatic carbocycles. The van der Waals surface area contributed by atoms with Crippen LogP contribution >= 0.6 is 0 Å². The summed E-state index contributed by atoms with van der Waals surface area (Å²) >= 11 is 0. The SMILES string of the molecule is CC1CN(CC(=O)NCC2CC2)CC(C)N1. The van der Waals surface area contributed by atoms with Crippen LogP contribution in [0.4, 0.5) is 0 Å². The molecule has 2 rings (SSSR count). The van der Waals surface area contributed by atoms with Gasteiger partial charge in [0.15, 0.2) is 0 Å². The molecule has 4 heteroatoms. The van der Waals surface area contributed by atoms with Gasteiger partial charge in [-0.2, -0.15) is 0 Å². The van der Waals surface area contributed by atoms with Crippen LogP contribution in [0.15, 0.2) is 0 Å². The molecule has 1 saturated heterocycles. The Balaban J connectivity index is 1.68. The molecular weight excluding hydrogens is 202 g/mol. The van der Waals surface area contributed by atoms with Crippen LogP contribution in [-0.2, 0) is 4.79 Å². The molecular formula is C12H23N3O. The monoisotopic (exact) mass is 225 g/mol. The van der Waals surface area contributed by atoms with Gasteiger partial charge in [0.1, 0.15) is 0 Å². The zero-order valence-electron chi connectivity index (χ0n) is 10.3. The summed E-state index contributed by atoms with van der Waals surface area (Å²) in [6, 6.07) is 0.972. The number of amides is 1. The largest absolute Gasteiger partial charge is 0.355 e. The predicted octanol–water partition coefficient (Wildman–Crippen LogP) is 0.195. The Bertz CT molecular complexity index is 243. The lowest BCUT2D eigenvalue weighted by Gasteiger charge is -2.35. The lowest BCUT2D eigenvalue weighted by Crippen LogP contribution is -2.56. The van der Waals surface area contributed by atoms with Gasteiger partial charge in [-0.25, -0.2) is 0 Å². The second kappa shape index (κ2) is 5.15. The van der Waals surface area contributed by atoms with Crippen LogP contribution in [0.2, 0.25) is 0 Å². The van der Waals surface area contributed by atoms with Crippen LogP contribution in [-0.4, -0.2) is 49.1 Å². The number of nitrogens with one attached hydrogen (secondary N) is 2. The maximum Gasteiger partial charge on any atom is 0.234 e. The van der Waals surface area contributed by atoms with E-state index in [1.54, 1.807) is 0 Å². The first kappa shape index (κ1) is 11.9. The molecule has 1 aliphatic heterocycles. The topological polar surface area (TPSA) is 44.4 Å². The minimum atomic E-state index is 0.188. The number of piperazine rings is 1. The van der Waals surface area contributed by atoms with Crippen LogP contribution in [0, 0.1) is 5.92 Å². The molecule has 2 aliphatic rings. The van der Waals surface area contributed by atoms with E-state index in [1.165, 1.54) is 12.8 Å². The molecule has 1 saturated carbocycles. The minimum Gasteiger partial charge on any atom is -0.355 e.